The molecule has 0 amide bonds. The molecule has 1 aliphatic heterocycles. The lowest BCUT2D eigenvalue weighted by Crippen LogP contribution is -2.21. The molecule has 1 saturated heterocycles. The van der Waals surface area contributed by atoms with Crippen molar-refractivity contribution in [2.24, 2.45) is 5.92 Å². The second kappa shape index (κ2) is 3.71. The minimum absolute atomic E-state index is 0.0167. The smallest absolute Gasteiger partial charge is 0.308 e. The zero-order valence-corrected chi connectivity index (χ0v) is 7.55. The molecule has 1 aromatic rings. The summed E-state index contributed by atoms with van der Waals surface area (Å²) in [5, 5.41) is 19.5. The lowest BCUT2D eigenvalue weighted by molar-refractivity contribution is -0.141. The van der Waals surface area contributed by atoms with Gasteiger partial charge in [0.1, 0.15) is 0 Å². The predicted molar refractivity (Wildman–Crippen MR) is 48.8 cm³/mol. The zero-order chi connectivity index (χ0) is 9.97. The van der Waals surface area contributed by atoms with E-state index in [0.29, 0.717) is 13.1 Å². The second-order valence-corrected chi connectivity index (χ2v) is 3.39. The number of carbonyl (C=O) groups is 1. The van der Waals surface area contributed by atoms with Crippen LogP contribution in [0.5, 0.6) is 0 Å². The first-order valence-corrected chi connectivity index (χ1v) is 4.49. The molecule has 0 aliphatic carbocycles. The Morgan fingerprint density at radius 1 is 1.50 bits per heavy atom. The first-order chi connectivity index (χ1) is 6.79. The molecular formula is C9H11N3O2. The zero-order valence-electron chi connectivity index (χ0n) is 7.55. The summed E-state index contributed by atoms with van der Waals surface area (Å²) in [4.78, 5) is 10.9. The Kier molecular flexibility index (Phi) is 2.41. The Bertz CT molecular complexity index is 328. The monoisotopic (exact) mass is 193 g/mol. The summed E-state index contributed by atoms with van der Waals surface area (Å²) in [6, 6.07) is 1.82. The average molecular weight is 193 g/mol. The fraction of sp³-hybridized carbons (Fsp3) is 0.444. The Balaban J connectivity index is 2.22. The van der Waals surface area contributed by atoms with E-state index in [9.17, 15) is 4.79 Å². The van der Waals surface area contributed by atoms with E-state index >= 15 is 0 Å². The summed E-state index contributed by atoms with van der Waals surface area (Å²) >= 11 is 0. The van der Waals surface area contributed by atoms with Crippen LogP contribution in [0.4, 0.5) is 0 Å². The van der Waals surface area contributed by atoms with Crippen molar-refractivity contribution in [3.63, 3.8) is 0 Å². The van der Waals surface area contributed by atoms with Crippen LogP contribution in [0, 0.1) is 5.92 Å². The number of nitrogens with zero attached hydrogens (tertiary/aromatic N) is 2. The van der Waals surface area contributed by atoms with Crippen molar-refractivity contribution in [2.75, 3.05) is 13.1 Å². The maximum absolute atomic E-state index is 10.9. The van der Waals surface area contributed by atoms with Crippen LogP contribution < -0.4 is 5.32 Å². The molecule has 2 heterocycles. The van der Waals surface area contributed by atoms with E-state index in [1.807, 2.05) is 6.07 Å². The third-order valence-corrected chi connectivity index (χ3v) is 2.57. The minimum atomic E-state index is -0.753. The Labute approximate surface area is 81.2 Å². The van der Waals surface area contributed by atoms with Gasteiger partial charge in [-0.15, -0.1) is 0 Å². The van der Waals surface area contributed by atoms with Crippen LogP contribution in [0.1, 0.15) is 11.5 Å². The van der Waals surface area contributed by atoms with Crippen molar-refractivity contribution < 1.29 is 9.90 Å². The van der Waals surface area contributed by atoms with E-state index in [0.717, 1.165) is 5.56 Å². The van der Waals surface area contributed by atoms with Gasteiger partial charge in [-0.05, 0) is 11.6 Å². The number of rotatable bonds is 2. The molecule has 0 aromatic carbocycles. The van der Waals surface area contributed by atoms with Crippen molar-refractivity contribution in [3.8, 4) is 0 Å². The number of aliphatic carboxylic acids is 1. The molecule has 0 radical (unpaired) electrons. The van der Waals surface area contributed by atoms with Gasteiger partial charge < -0.3 is 10.4 Å². The average Bonchev–Trinajstić information content (AvgIpc) is 2.67. The first-order valence-electron chi connectivity index (χ1n) is 4.49. The van der Waals surface area contributed by atoms with Crippen molar-refractivity contribution in [3.05, 3.63) is 24.0 Å². The molecule has 2 N–H and O–H groups in total. The largest absolute Gasteiger partial charge is 0.481 e. The van der Waals surface area contributed by atoms with E-state index in [-0.39, 0.29) is 11.8 Å². The van der Waals surface area contributed by atoms with Gasteiger partial charge >= 0.3 is 5.97 Å². The van der Waals surface area contributed by atoms with Gasteiger partial charge in [-0.2, -0.15) is 10.2 Å². The van der Waals surface area contributed by atoms with E-state index < -0.39 is 5.97 Å². The number of aromatic nitrogens is 2. The summed E-state index contributed by atoms with van der Waals surface area (Å²) in [6.07, 6.45) is 3.22. The molecule has 0 bridgehead atoms. The van der Waals surface area contributed by atoms with Crippen molar-refractivity contribution in [1.82, 2.24) is 15.5 Å². The minimum Gasteiger partial charge on any atom is -0.481 e. The summed E-state index contributed by atoms with van der Waals surface area (Å²) in [5.41, 5.74) is 0.942. The van der Waals surface area contributed by atoms with Gasteiger partial charge in [0.2, 0.25) is 0 Å². The van der Waals surface area contributed by atoms with Crippen LogP contribution >= 0.6 is 0 Å². The molecule has 2 rings (SSSR count). The number of nitrogens with one attached hydrogen (secondary N) is 1. The molecule has 14 heavy (non-hydrogen) atoms. The van der Waals surface area contributed by atoms with Crippen LogP contribution in [0.2, 0.25) is 0 Å². The van der Waals surface area contributed by atoms with Gasteiger partial charge in [0.15, 0.2) is 0 Å². The summed E-state index contributed by atoms with van der Waals surface area (Å²) in [6.45, 7) is 1.23. The lowest BCUT2D eigenvalue weighted by Gasteiger charge is -2.13. The molecule has 1 fully saturated rings. The first kappa shape index (κ1) is 9.08. The Morgan fingerprint density at radius 2 is 2.36 bits per heavy atom. The standard InChI is InChI=1S/C9H11N3O2/c13-9(14)8-5-10-4-7(8)6-1-2-11-12-3-6/h1-3,7-8,10H,4-5H2,(H,13,14). The quantitative estimate of drug-likeness (QED) is 0.684. The third kappa shape index (κ3) is 1.58. The molecule has 1 aliphatic rings. The number of carboxylic acid groups (broad SMARTS) is 1. The molecule has 5 heteroatoms. The van der Waals surface area contributed by atoms with Gasteiger partial charge in [0.25, 0.3) is 0 Å². The van der Waals surface area contributed by atoms with Crippen LogP contribution in [-0.2, 0) is 4.79 Å². The SMILES string of the molecule is O=C(O)C1CNCC1c1ccnnc1. The molecule has 2 atom stereocenters. The van der Waals surface area contributed by atoms with E-state index in [2.05, 4.69) is 15.5 Å². The topological polar surface area (TPSA) is 75.1 Å². The summed E-state index contributed by atoms with van der Waals surface area (Å²) < 4.78 is 0. The fourth-order valence-corrected chi connectivity index (χ4v) is 1.81. The van der Waals surface area contributed by atoms with Crippen LogP contribution in [0.15, 0.2) is 18.5 Å². The van der Waals surface area contributed by atoms with Gasteiger partial charge in [-0.3, -0.25) is 4.79 Å². The van der Waals surface area contributed by atoms with Crippen molar-refractivity contribution in [2.45, 2.75) is 5.92 Å². The van der Waals surface area contributed by atoms with E-state index in [1.54, 1.807) is 12.4 Å². The highest BCUT2D eigenvalue weighted by atomic mass is 16.4. The van der Waals surface area contributed by atoms with Crippen molar-refractivity contribution in [1.29, 1.82) is 0 Å². The highest BCUT2D eigenvalue weighted by Gasteiger charge is 2.33. The second-order valence-electron chi connectivity index (χ2n) is 3.39. The third-order valence-electron chi connectivity index (χ3n) is 2.57. The van der Waals surface area contributed by atoms with Gasteiger partial charge in [0.05, 0.1) is 12.1 Å². The molecule has 0 spiro atoms. The van der Waals surface area contributed by atoms with Crippen LogP contribution in [-0.4, -0.2) is 34.4 Å². The van der Waals surface area contributed by atoms with Gasteiger partial charge in [-0.25, -0.2) is 0 Å². The summed E-state index contributed by atoms with van der Waals surface area (Å²) in [5.74, 6) is -1.08. The number of hydrogen-bond donors (Lipinski definition) is 2. The molecular weight excluding hydrogens is 182 g/mol. The molecule has 0 saturated carbocycles. The van der Waals surface area contributed by atoms with Crippen molar-refractivity contribution >= 4 is 5.97 Å². The van der Waals surface area contributed by atoms with Gasteiger partial charge in [0, 0.05) is 25.2 Å². The highest BCUT2D eigenvalue weighted by Crippen LogP contribution is 2.27. The van der Waals surface area contributed by atoms with E-state index in [4.69, 9.17) is 5.11 Å². The Hall–Kier alpha value is -1.49. The molecule has 1 aromatic heterocycles. The maximum Gasteiger partial charge on any atom is 0.308 e. The molecule has 2 unspecified atom stereocenters. The van der Waals surface area contributed by atoms with Gasteiger partial charge in [-0.1, -0.05) is 0 Å². The summed E-state index contributed by atoms with van der Waals surface area (Å²) in [7, 11) is 0. The van der Waals surface area contributed by atoms with Crippen LogP contribution in [0.25, 0.3) is 0 Å². The Morgan fingerprint density at radius 3 is 3.00 bits per heavy atom. The fourth-order valence-electron chi connectivity index (χ4n) is 1.81. The number of carboxylic acids is 1. The molecule has 74 valence electrons. The lowest BCUT2D eigenvalue weighted by atomic mass is 9.90. The predicted octanol–water partition coefficient (Wildman–Crippen LogP) is -0.136. The van der Waals surface area contributed by atoms with E-state index in [1.165, 1.54) is 0 Å². The normalized spacial score (nSPS) is 26.3. The highest BCUT2D eigenvalue weighted by molar-refractivity contribution is 5.72. The maximum atomic E-state index is 10.9. The van der Waals surface area contributed by atoms with Crippen LogP contribution in [0.3, 0.4) is 0 Å². The molecule has 5 nitrogen and oxygen atoms in total. The number of hydrogen-bond acceptors (Lipinski definition) is 4.